The molecule has 0 N–H and O–H groups in total. The highest BCUT2D eigenvalue weighted by Crippen LogP contribution is 2.37. The Morgan fingerprint density at radius 1 is 0.968 bits per heavy atom. The molecular formula is C22H17F2N3O4. The maximum atomic E-state index is 13.6. The van der Waals surface area contributed by atoms with E-state index in [4.69, 9.17) is 9.47 Å². The first-order valence-corrected chi connectivity index (χ1v) is 9.69. The molecule has 2 aliphatic heterocycles. The molecule has 7 nitrogen and oxygen atoms in total. The number of rotatable bonds is 3. The third kappa shape index (κ3) is 3.46. The predicted octanol–water partition coefficient (Wildman–Crippen LogP) is 2.59. The molecule has 1 aromatic heterocycles. The van der Waals surface area contributed by atoms with E-state index >= 15 is 0 Å². The minimum absolute atomic E-state index is 0.00643. The molecule has 0 amide bonds. The van der Waals surface area contributed by atoms with Crippen LogP contribution in [-0.2, 0) is 25.6 Å². The second kappa shape index (κ2) is 7.28. The Morgan fingerprint density at radius 2 is 1.68 bits per heavy atom. The summed E-state index contributed by atoms with van der Waals surface area (Å²) in [5.41, 5.74) is 0.417. The maximum absolute atomic E-state index is 13.6. The van der Waals surface area contributed by atoms with E-state index in [-0.39, 0.29) is 13.1 Å². The lowest BCUT2D eigenvalue weighted by molar-refractivity contribution is -0.193. The standard InChI is InChI=1S/C22H17F2N3O4/c23-16-9-14(10-17(24)11-16)12-26-7-8-27(22(13-26)30-20(28)21(29)31-22)19-18-4-2-1-3-15(18)5-6-25-19/h1-6,9-11H,7-8,12-13H2. The van der Waals surface area contributed by atoms with Crippen LogP contribution in [0.25, 0.3) is 10.8 Å². The Kier molecular flexibility index (Phi) is 4.55. The van der Waals surface area contributed by atoms with Crippen molar-refractivity contribution in [3.63, 3.8) is 0 Å². The molecule has 158 valence electrons. The molecule has 5 rings (SSSR count). The van der Waals surface area contributed by atoms with E-state index in [1.807, 2.05) is 35.2 Å². The van der Waals surface area contributed by atoms with Crippen LogP contribution in [0.15, 0.2) is 54.7 Å². The molecule has 3 heterocycles. The van der Waals surface area contributed by atoms with Crippen LogP contribution in [0, 0.1) is 11.6 Å². The summed E-state index contributed by atoms with van der Waals surface area (Å²) in [7, 11) is 0. The first-order chi connectivity index (χ1) is 14.9. The highest BCUT2D eigenvalue weighted by atomic mass is 19.1. The van der Waals surface area contributed by atoms with E-state index in [1.165, 1.54) is 12.1 Å². The number of piperazine rings is 1. The van der Waals surface area contributed by atoms with Gasteiger partial charge in [0.2, 0.25) is 0 Å². The summed E-state index contributed by atoms with van der Waals surface area (Å²) in [6.07, 6.45) is 1.63. The number of aromatic nitrogens is 1. The molecule has 0 unspecified atom stereocenters. The van der Waals surface area contributed by atoms with E-state index < -0.39 is 29.5 Å². The van der Waals surface area contributed by atoms with Gasteiger partial charge in [-0.2, -0.15) is 0 Å². The maximum Gasteiger partial charge on any atom is 0.422 e. The Hall–Kier alpha value is -3.59. The Bertz CT molecular complexity index is 1160. The average Bonchev–Trinajstić information content (AvgIpc) is 3.00. The Morgan fingerprint density at radius 3 is 2.42 bits per heavy atom. The number of benzene rings is 2. The van der Waals surface area contributed by atoms with E-state index in [0.29, 0.717) is 24.5 Å². The third-order valence-electron chi connectivity index (χ3n) is 5.38. The summed E-state index contributed by atoms with van der Waals surface area (Å²) in [5, 5.41) is 1.74. The zero-order valence-electron chi connectivity index (χ0n) is 16.3. The van der Waals surface area contributed by atoms with Gasteiger partial charge >= 0.3 is 17.8 Å². The lowest BCUT2D eigenvalue weighted by atomic mass is 10.1. The van der Waals surface area contributed by atoms with Gasteiger partial charge in [0.25, 0.3) is 0 Å². The van der Waals surface area contributed by atoms with Crippen molar-refractivity contribution in [2.75, 3.05) is 24.5 Å². The quantitative estimate of drug-likeness (QED) is 0.472. The third-order valence-corrected chi connectivity index (χ3v) is 5.38. The summed E-state index contributed by atoms with van der Waals surface area (Å²) in [5.74, 6) is -4.75. The van der Waals surface area contributed by atoms with Crippen molar-refractivity contribution in [3.8, 4) is 0 Å². The summed E-state index contributed by atoms with van der Waals surface area (Å²) in [6, 6.07) is 12.7. The number of carbonyl (C=O) groups excluding carboxylic acids is 2. The number of halogens is 2. The zero-order chi connectivity index (χ0) is 21.6. The number of pyridine rings is 1. The van der Waals surface area contributed by atoms with Crippen molar-refractivity contribution in [2.45, 2.75) is 12.5 Å². The smallest absolute Gasteiger partial charge is 0.394 e. The summed E-state index contributed by atoms with van der Waals surface area (Å²) in [4.78, 5) is 31.9. The zero-order valence-corrected chi connectivity index (χ0v) is 16.3. The lowest BCUT2D eigenvalue weighted by Crippen LogP contribution is -2.63. The number of hydrogen-bond acceptors (Lipinski definition) is 7. The number of nitrogens with zero attached hydrogens (tertiary/aromatic N) is 3. The number of ether oxygens (including phenoxy) is 2. The van der Waals surface area contributed by atoms with Crippen LogP contribution >= 0.6 is 0 Å². The van der Waals surface area contributed by atoms with Crippen LogP contribution in [0.5, 0.6) is 0 Å². The molecule has 2 saturated heterocycles. The van der Waals surface area contributed by atoms with Crippen LogP contribution in [0.4, 0.5) is 14.6 Å². The highest BCUT2D eigenvalue weighted by Gasteiger charge is 2.56. The van der Waals surface area contributed by atoms with Gasteiger partial charge in [-0.05, 0) is 29.1 Å². The number of anilines is 1. The van der Waals surface area contributed by atoms with Crippen molar-refractivity contribution < 1.29 is 27.8 Å². The molecule has 0 saturated carbocycles. The number of esters is 2. The van der Waals surface area contributed by atoms with Crippen molar-refractivity contribution in [1.82, 2.24) is 9.88 Å². The van der Waals surface area contributed by atoms with Gasteiger partial charge in [0, 0.05) is 37.3 Å². The summed E-state index contributed by atoms with van der Waals surface area (Å²) < 4.78 is 38.0. The van der Waals surface area contributed by atoms with Gasteiger partial charge in [0.15, 0.2) is 0 Å². The normalized spacial score (nSPS) is 18.5. The number of carbonyl (C=O) groups is 2. The van der Waals surface area contributed by atoms with Crippen molar-refractivity contribution in [2.24, 2.45) is 0 Å². The summed E-state index contributed by atoms with van der Waals surface area (Å²) in [6.45, 7) is 0.940. The Labute approximate surface area is 175 Å². The molecule has 2 aromatic carbocycles. The molecule has 0 atom stereocenters. The highest BCUT2D eigenvalue weighted by molar-refractivity contribution is 6.31. The minimum Gasteiger partial charge on any atom is -0.394 e. The minimum atomic E-state index is -1.71. The van der Waals surface area contributed by atoms with E-state index in [0.717, 1.165) is 16.8 Å². The molecule has 9 heteroatoms. The fourth-order valence-corrected chi connectivity index (χ4v) is 4.11. The molecule has 0 radical (unpaired) electrons. The monoisotopic (exact) mass is 425 g/mol. The van der Waals surface area contributed by atoms with E-state index in [1.54, 1.807) is 11.1 Å². The van der Waals surface area contributed by atoms with Crippen LogP contribution in [0.3, 0.4) is 0 Å². The van der Waals surface area contributed by atoms with Gasteiger partial charge in [-0.25, -0.2) is 23.4 Å². The topological polar surface area (TPSA) is 72.0 Å². The van der Waals surface area contributed by atoms with Crippen LogP contribution in [-0.4, -0.2) is 47.4 Å². The van der Waals surface area contributed by atoms with Gasteiger partial charge in [-0.3, -0.25) is 9.80 Å². The molecule has 0 bridgehead atoms. The van der Waals surface area contributed by atoms with E-state index in [2.05, 4.69) is 4.98 Å². The average molecular weight is 425 g/mol. The predicted molar refractivity (Wildman–Crippen MR) is 106 cm³/mol. The van der Waals surface area contributed by atoms with Crippen molar-refractivity contribution in [3.05, 3.63) is 71.9 Å². The van der Waals surface area contributed by atoms with E-state index in [9.17, 15) is 18.4 Å². The van der Waals surface area contributed by atoms with Crippen LogP contribution in [0.1, 0.15) is 5.56 Å². The molecule has 0 aliphatic carbocycles. The van der Waals surface area contributed by atoms with Crippen LogP contribution in [0.2, 0.25) is 0 Å². The second-order valence-corrected chi connectivity index (χ2v) is 7.49. The molecule has 3 aromatic rings. The van der Waals surface area contributed by atoms with Crippen molar-refractivity contribution >= 4 is 28.5 Å². The fraction of sp³-hybridized carbons (Fsp3) is 0.227. The van der Waals surface area contributed by atoms with Gasteiger partial charge in [0.05, 0.1) is 6.54 Å². The lowest BCUT2D eigenvalue weighted by Gasteiger charge is -2.45. The molecule has 31 heavy (non-hydrogen) atoms. The van der Waals surface area contributed by atoms with Gasteiger partial charge in [-0.1, -0.05) is 24.3 Å². The molecule has 2 fully saturated rings. The summed E-state index contributed by atoms with van der Waals surface area (Å²) >= 11 is 0. The van der Waals surface area contributed by atoms with Gasteiger partial charge < -0.3 is 9.47 Å². The Balaban J connectivity index is 1.50. The van der Waals surface area contributed by atoms with Crippen LogP contribution < -0.4 is 4.90 Å². The largest absolute Gasteiger partial charge is 0.422 e. The first kappa shape index (κ1) is 19.4. The SMILES string of the molecule is O=C1OC2(CN(Cc3cc(F)cc(F)c3)CCN2c2nccc3ccccc23)OC1=O. The first-order valence-electron chi connectivity index (χ1n) is 9.69. The van der Waals surface area contributed by atoms with Gasteiger partial charge in [-0.15, -0.1) is 0 Å². The molecular weight excluding hydrogens is 408 g/mol. The van der Waals surface area contributed by atoms with Gasteiger partial charge in [0.1, 0.15) is 17.5 Å². The van der Waals surface area contributed by atoms with Crippen molar-refractivity contribution in [1.29, 1.82) is 0 Å². The number of fused-ring (bicyclic) bond motifs is 1. The second-order valence-electron chi connectivity index (χ2n) is 7.49. The molecule has 2 aliphatic rings. The fourth-order valence-electron chi connectivity index (χ4n) is 4.11. The number of hydrogen-bond donors (Lipinski definition) is 0. The molecule has 1 spiro atoms.